The summed E-state index contributed by atoms with van der Waals surface area (Å²) in [5.41, 5.74) is 3.17. The van der Waals surface area contributed by atoms with Crippen molar-refractivity contribution in [3.63, 3.8) is 0 Å². The van der Waals surface area contributed by atoms with Gasteiger partial charge in [0.2, 0.25) is 10.0 Å². The summed E-state index contributed by atoms with van der Waals surface area (Å²) < 4.78 is 27.9. The molecule has 6 nitrogen and oxygen atoms in total. The number of anilines is 1. The van der Waals surface area contributed by atoms with Crippen LogP contribution in [-0.4, -0.2) is 36.7 Å². The second-order valence-electron chi connectivity index (χ2n) is 9.68. The third kappa shape index (κ3) is 5.51. The molecule has 37 heavy (non-hydrogen) atoms. The number of carbonyl (C=O) groups is 1. The number of amides is 1. The van der Waals surface area contributed by atoms with Crippen LogP contribution in [0.2, 0.25) is 0 Å². The maximum Gasteiger partial charge on any atom is 0.257 e. The Morgan fingerprint density at radius 3 is 2.03 bits per heavy atom. The first-order valence-corrected chi connectivity index (χ1v) is 14.6. The largest absolute Gasteiger partial charge is 0.298 e. The Morgan fingerprint density at radius 2 is 1.43 bits per heavy atom. The van der Waals surface area contributed by atoms with Gasteiger partial charge in [-0.05, 0) is 48.1 Å². The van der Waals surface area contributed by atoms with E-state index in [-0.39, 0.29) is 10.8 Å². The Balaban J connectivity index is 1.37. The quantitative estimate of drug-likeness (QED) is 0.312. The van der Waals surface area contributed by atoms with E-state index < -0.39 is 10.0 Å². The zero-order chi connectivity index (χ0) is 26.0. The molecule has 0 radical (unpaired) electrons. The van der Waals surface area contributed by atoms with E-state index in [9.17, 15) is 13.2 Å². The van der Waals surface area contributed by atoms with Gasteiger partial charge in [-0.3, -0.25) is 10.1 Å². The molecular formula is C29H29N3O3S2. The molecule has 0 spiro atoms. The molecule has 0 bridgehead atoms. The third-order valence-corrected chi connectivity index (χ3v) is 9.39. The van der Waals surface area contributed by atoms with E-state index in [1.54, 1.807) is 16.4 Å². The van der Waals surface area contributed by atoms with E-state index in [4.69, 9.17) is 4.98 Å². The molecule has 1 aliphatic rings. The van der Waals surface area contributed by atoms with Crippen LogP contribution in [-0.2, 0) is 10.0 Å². The van der Waals surface area contributed by atoms with Crippen LogP contribution in [0, 0.1) is 11.8 Å². The summed E-state index contributed by atoms with van der Waals surface area (Å²) in [5, 5.41) is 3.38. The highest BCUT2D eigenvalue weighted by Crippen LogP contribution is 2.39. The number of benzene rings is 3. The number of aromatic nitrogens is 1. The number of nitrogens with zero attached hydrogens (tertiary/aromatic N) is 2. The normalized spacial score (nSPS) is 18.4. The highest BCUT2D eigenvalue weighted by Gasteiger charge is 2.31. The molecule has 1 saturated heterocycles. The fourth-order valence-electron chi connectivity index (χ4n) is 4.85. The first-order chi connectivity index (χ1) is 17.8. The summed E-state index contributed by atoms with van der Waals surface area (Å²) in [6, 6.07) is 26.0. The van der Waals surface area contributed by atoms with Crippen molar-refractivity contribution in [2.24, 2.45) is 11.8 Å². The molecule has 1 aromatic heterocycles. The molecule has 0 saturated carbocycles. The molecule has 2 atom stereocenters. The predicted octanol–water partition coefficient (Wildman–Crippen LogP) is 6.40. The minimum Gasteiger partial charge on any atom is -0.298 e. The summed E-state index contributed by atoms with van der Waals surface area (Å²) in [6.07, 6.45) is 1.03. The Bertz CT molecular complexity index is 1420. The lowest BCUT2D eigenvalue weighted by molar-refractivity contribution is 0.102. The van der Waals surface area contributed by atoms with Crippen molar-refractivity contribution in [2.75, 3.05) is 18.4 Å². The molecule has 2 heterocycles. The van der Waals surface area contributed by atoms with E-state index in [0.29, 0.717) is 35.6 Å². The Hall–Kier alpha value is -3.33. The lowest BCUT2D eigenvalue weighted by Gasteiger charge is -2.34. The van der Waals surface area contributed by atoms with Crippen LogP contribution < -0.4 is 5.32 Å². The summed E-state index contributed by atoms with van der Waals surface area (Å²) >= 11 is 1.41. The second-order valence-corrected chi connectivity index (χ2v) is 12.6. The van der Waals surface area contributed by atoms with Crippen LogP contribution in [0.4, 0.5) is 5.13 Å². The van der Waals surface area contributed by atoms with E-state index >= 15 is 0 Å². The van der Waals surface area contributed by atoms with Crippen molar-refractivity contribution in [1.82, 2.24) is 9.29 Å². The number of hydrogen-bond acceptors (Lipinski definition) is 5. The molecule has 1 fully saturated rings. The highest BCUT2D eigenvalue weighted by molar-refractivity contribution is 7.89. The van der Waals surface area contributed by atoms with E-state index in [1.807, 2.05) is 60.7 Å². The number of carbonyl (C=O) groups excluding carboxylic acids is 1. The molecule has 3 aromatic carbocycles. The molecule has 1 amide bonds. The Labute approximate surface area is 222 Å². The van der Waals surface area contributed by atoms with Crippen molar-refractivity contribution in [1.29, 1.82) is 0 Å². The number of sulfonamides is 1. The number of hydrogen-bond donors (Lipinski definition) is 1. The zero-order valence-electron chi connectivity index (χ0n) is 20.8. The lowest BCUT2D eigenvalue weighted by Crippen LogP contribution is -2.42. The standard InChI is InChI=1S/C29H29N3O3S2/c1-20-17-21(2)19-32(18-20)37(34,35)25-15-13-24(14-16-25)28(33)31-29-30-26(22-9-5-3-6-10-22)27(36-29)23-11-7-4-8-12-23/h3-16,20-21H,17-19H2,1-2H3,(H,30,31,33). The molecule has 5 rings (SSSR count). The average Bonchev–Trinajstić information content (AvgIpc) is 3.33. The average molecular weight is 532 g/mol. The van der Waals surface area contributed by atoms with Gasteiger partial charge in [0.1, 0.15) is 0 Å². The fraction of sp³-hybridized carbons (Fsp3) is 0.241. The molecule has 4 aromatic rings. The first-order valence-electron chi connectivity index (χ1n) is 12.3. The van der Waals surface area contributed by atoms with Gasteiger partial charge in [0.15, 0.2) is 5.13 Å². The molecule has 190 valence electrons. The van der Waals surface area contributed by atoms with Gasteiger partial charge in [0.25, 0.3) is 5.91 Å². The van der Waals surface area contributed by atoms with Gasteiger partial charge in [0, 0.05) is 24.2 Å². The van der Waals surface area contributed by atoms with Crippen molar-refractivity contribution in [2.45, 2.75) is 25.2 Å². The van der Waals surface area contributed by atoms with Crippen molar-refractivity contribution in [3.05, 3.63) is 90.5 Å². The third-order valence-electron chi connectivity index (χ3n) is 6.52. The molecule has 1 aliphatic heterocycles. The highest BCUT2D eigenvalue weighted by atomic mass is 32.2. The van der Waals surface area contributed by atoms with Crippen molar-refractivity contribution >= 4 is 32.4 Å². The number of thiazole rings is 1. The first kappa shape index (κ1) is 25.3. The van der Waals surface area contributed by atoms with E-state index in [0.717, 1.165) is 28.1 Å². The Morgan fingerprint density at radius 1 is 0.865 bits per heavy atom. The molecule has 0 aliphatic carbocycles. The lowest BCUT2D eigenvalue weighted by atomic mass is 9.94. The second kappa shape index (κ2) is 10.6. The van der Waals surface area contributed by atoms with E-state index in [1.165, 1.54) is 23.5 Å². The van der Waals surface area contributed by atoms with Gasteiger partial charge in [0.05, 0.1) is 15.5 Å². The molecule has 1 N–H and O–H groups in total. The van der Waals surface area contributed by atoms with Gasteiger partial charge in [-0.15, -0.1) is 0 Å². The van der Waals surface area contributed by atoms with Gasteiger partial charge < -0.3 is 0 Å². The van der Waals surface area contributed by atoms with Crippen molar-refractivity contribution < 1.29 is 13.2 Å². The smallest absolute Gasteiger partial charge is 0.257 e. The summed E-state index contributed by atoms with van der Waals surface area (Å²) in [7, 11) is -3.60. The number of nitrogens with one attached hydrogen (secondary N) is 1. The van der Waals surface area contributed by atoms with Crippen LogP contribution in [0.25, 0.3) is 21.7 Å². The summed E-state index contributed by atoms with van der Waals surface area (Å²) in [6.45, 7) is 5.20. The maximum absolute atomic E-state index is 13.2. The van der Waals surface area contributed by atoms with Crippen molar-refractivity contribution in [3.8, 4) is 21.7 Å². The summed E-state index contributed by atoms with van der Waals surface area (Å²) in [5.74, 6) is 0.309. The number of piperidine rings is 1. The fourth-order valence-corrected chi connectivity index (χ4v) is 7.52. The van der Waals surface area contributed by atoms with Crippen LogP contribution in [0.3, 0.4) is 0 Å². The van der Waals surface area contributed by atoms with E-state index in [2.05, 4.69) is 19.2 Å². The Kier molecular flexibility index (Phi) is 7.24. The monoisotopic (exact) mass is 531 g/mol. The van der Waals surface area contributed by atoms with Gasteiger partial charge in [-0.25, -0.2) is 13.4 Å². The molecule has 2 unspecified atom stereocenters. The molecule has 8 heteroatoms. The van der Waals surface area contributed by atoms with Gasteiger partial charge >= 0.3 is 0 Å². The summed E-state index contributed by atoms with van der Waals surface area (Å²) in [4.78, 5) is 19.0. The topological polar surface area (TPSA) is 79.4 Å². The van der Waals surface area contributed by atoms with Crippen LogP contribution in [0.15, 0.2) is 89.8 Å². The van der Waals surface area contributed by atoms with Crippen LogP contribution in [0.1, 0.15) is 30.6 Å². The molecular weight excluding hydrogens is 502 g/mol. The van der Waals surface area contributed by atoms with Gasteiger partial charge in [-0.2, -0.15) is 4.31 Å². The SMILES string of the molecule is CC1CC(C)CN(S(=O)(=O)c2ccc(C(=O)Nc3nc(-c4ccccc4)c(-c4ccccc4)s3)cc2)C1. The van der Waals surface area contributed by atoms with Gasteiger partial charge in [-0.1, -0.05) is 85.8 Å². The minimum absolute atomic E-state index is 0.206. The minimum atomic E-state index is -3.60. The number of rotatable bonds is 6. The maximum atomic E-state index is 13.2. The van der Waals surface area contributed by atoms with Crippen LogP contribution in [0.5, 0.6) is 0 Å². The zero-order valence-corrected chi connectivity index (χ0v) is 22.4. The van der Waals surface area contributed by atoms with Crippen LogP contribution >= 0.6 is 11.3 Å². The predicted molar refractivity (Wildman–Crippen MR) is 149 cm³/mol.